The third-order valence-electron chi connectivity index (χ3n) is 5.31. The number of benzene rings is 1. The minimum Gasteiger partial charge on any atom is -0.354 e. The molecule has 0 saturated carbocycles. The van der Waals surface area contributed by atoms with Crippen molar-refractivity contribution in [2.75, 3.05) is 31.1 Å². The van der Waals surface area contributed by atoms with Crippen LogP contribution in [-0.4, -0.2) is 53.9 Å². The first-order valence-corrected chi connectivity index (χ1v) is 11.2. The van der Waals surface area contributed by atoms with Gasteiger partial charge in [-0.05, 0) is 44.2 Å². The zero-order chi connectivity index (χ0) is 22.2. The van der Waals surface area contributed by atoms with Crippen molar-refractivity contribution >= 4 is 15.8 Å². The molecule has 3 aromatic rings. The van der Waals surface area contributed by atoms with E-state index in [4.69, 9.17) is 0 Å². The van der Waals surface area contributed by atoms with Gasteiger partial charge in [-0.3, -0.25) is 4.98 Å². The summed E-state index contributed by atoms with van der Waals surface area (Å²) in [4.78, 5) is 14.8. The molecule has 1 aliphatic heterocycles. The first-order valence-electron chi connectivity index (χ1n) is 9.74. The van der Waals surface area contributed by atoms with Crippen LogP contribution in [0.25, 0.3) is 11.5 Å². The van der Waals surface area contributed by atoms with Gasteiger partial charge in [0.25, 0.3) is 0 Å². The first kappa shape index (κ1) is 21.3. The summed E-state index contributed by atoms with van der Waals surface area (Å²) in [5.41, 5.74) is 2.35. The molecule has 0 unspecified atom stereocenters. The molecule has 0 bridgehead atoms. The van der Waals surface area contributed by atoms with Crippen molar-refractivity contribution in [1.82, 2.24) is 19.3 Å². The highest BCUT2D eigenvalue weighted by atomic mass is 32.2. The van der Waals surface area contributed by atoms with E-state index in [1.54, 1.807) is 6.20 Å². The smallest absolute Gasteiger partial charge is 0.246 e. The maximum Gasteiger partial charge on any atom is 0.246 e. The Bertz CT molecular complexity index is 1210. The lowest BCUT2D eigenvalue weighted by Gasteiger charge is -2.35. The molecule has 1 saturated heterocycles. The lowest BCUT2D eigenvalue weighted by molar-refractivity contribution is 0.380. The van der Waals surface area contributed by atoms with Gasteiger partial charge in [0, 0.05) is 43.6 Å². The molecular weight excluding hydrogens is 424 g/mol. The van der Waals surface area contributed by atoms with Gasteiger partial charge < -0.3 is 4.90 Å². The highest BCUT2D eigenvalue weighted by molar-refractivity contribution is 7.89. The Morgan fingerprint density at radius 3 is 2.39 bits per heavy atom. The van der Waals surface area contributed by atoms with Gasteiger partial charge in [-0.2, -0.15) is 4.31 Å². The van der Waals surface area contributed by atoms with Gasteiger partial charge in [0.1, 0.15) is 28.0 Å². The number of halogens is 2. The number of hydrogen-bond acceptors (Lipinski definition) is 6. The van der Waals surface area contributed by atoms with E-state index < -0.39 is 26.6 Å². The molecule has 2 aromatic heterocycles. The van der Waals surface area contributed by atoms with E-state index in [-0.39, 0.29) is 13.1 Å². The molecule has 0 atom stereocenters. The Hall–Kier alpha value is -2.98. The predicted octanol–water partition coefficient (Wildman–Crippen LogP) is 2.94. The summed E-state index contributed by atoms with van der Waals surface area (Å²) in [6.45, 7) is 4.77. The zero-order valence-electron chi connectivity index (χ0n) is 17.1. The Morgan fingerprint density at radius 2 is 1.71 bits per heavy atom. The molecule has 7 nitrogen and oxygen atoms in total. The van der Waals surface area contributed by atoms with Crippen molar-refractivity contribution in [3.63, 3.8) is 0 Å². The Labute approximate surface area is 179 Å². The molecule has 1 aliphatic rings. The SMILES string of the molecule is Cc1nc(-c2ccccn2)nc(N2CCN(S(=O)(=O)c3cc(F)ccc3F)CC2)c1C. The summed E-state index contributed by atoms with van der Waals surface area (Å²) < 4.78 is 54.4. The third-order valence-corrected chi connectivity index (χ3v) is 7.22. The van der Waals surface area contributed by atoms with Gasteiger partial charge in [0.2, 0.25) is 10.0 Å². The summed E-state index contributed by atoms with van der Waals surface area (Å²) in [6, 6.07) is 7.93. The van der Waals surface area contributed by atoms with Gasteiger partial charge in [-0.1, -0.05) is 6.07 Å². The van der Waals surface area contributed by atoms with Gasteiger partial charge in [0.05, 0.1) is 0 Å². The van der Waals surface area contributed by atoms with E-state index in [0.717, 1.165) is 23.4 Å². The molecular formula is C21H21F2N5O2S. The number of pyridine rings is 1. The molecule has 1 fully saturated rings. The predicted molar refractivity (Wildman–Crippen MR) is 112 cm³/mol. The third kappa shape index (κ3) is 4.13. The van der Waals surface area contributed by atoms with Crippen molar-refractivity contribution in [3.8, 4) is 11.5 Å². The Morgan fingerprint density at radius 1 is 0.968 bits per heavy atom. The second-order valence-corrected chi connectivity index (χ2v) is 9.17. The maximum absolute atomic E-state index is 14.1. The van der Waals surface area contributed by atoms with E-state index in [2.05, 4.69) is 15.0 Å². The standard InChI is InChI=1S/C21H21F2N5O2S/c1-14-15(2)25-20(18-5-3-4-8-24-18)26-21(14)27-9-11-28(12-10-27)31(29,30)19-13-16(22)6-7-17(19)23/h3-8,13H,9-12H2,1-2H3. The van der Waals surface area contributed by atoms with Crippen LogP contribution in [0.5, 0.6) is 0 Å². The molecule has 10 heteroatoms. The fourth-order valence-electron chi connectivity index (χ4n) is 3.49. The Kier molecular flexibility index (Phi) is 5.67. The number of hydrogen-bond donors (Lipinski definition) is 0. The number of anilines is 1. The number of piperazine rings is 1. The van der Waals surface area contributed by atoms with Crippen molar-refractivity contribution in [2.45, 2.75) is 18.7 Å². The quantitative estimate of drug-likeness (QED) is 0.615. The molecule has 0 amide bonds. The maximum atomic E-state index is 14.1. The van der Waals surface area contributed by atoms with Crippen LogP contribution in [0, 0.1) is 25.5 Å². The number of nitrogens with zero attached hydrogens (tertiary/aromatic N) is 5. The van der Waals surface area contributed by atoms with Crippen molar-refractivity contribution in [2.24, 2.45) is 0 Å². The van der Waals surface area contributed by atoms with Crippen LogP contribution in [-0.2, 0) is 10.0 Å². The highest BCUT2D eigenvalue weighted by Crippen LogP contribution is 2.27. The number of sulfonamides is 1. The number of rotatable bonds is 4. The number of aromatic nitrogens is 3. The monoisotopic (exact) mass is 445 g/mol. The van der Waals surface area contributed by atoms with Crippen LogP contribution in [0.2, 0.25) is 0 Å². The van der Waals surface area contributed by atoms with E-state index in [0.29, 0.717) is 36.5 Å². The molecule has 31 heavy (non-hydrogen) atoms. The lowest BCUT2D eigenvalue weighted by atomic mass is 10.2. The largest absolute Gasteiger partial charge is 0.354 e. The molecule has 0 radical (unpaired) electrons. The minimum atomic E-state index is -4.14. The van der Waals surface area contributed by atoms with E-state index in [1.807, 2.05) is 36.9 Å². The van der Waals surface area contributed by atoms with Gasteiger partial charge in [-0.15, -0.1) is 0 Å². The fraction of sp³-hybridized carbons (Fsp3) is 0.286. The fourth-order valence-corrected chi connectivity index (χ4v) is 4.98. The molecule has 0 aliphatic carbocycles. The molecule has 3 heterocycles. The summed E-state index contributed by atoms with van der Waals surface area (Å²) in [7, 11) is -4.14. The van der Waals surface area contributed by atoms with Crippen molar-refractivity contribution < 1.29 is 17.2 Å². The van der Waals surface area contributed by atoms with E-state index in [9.17, 15) is 17.2 Å². The molecule has 4 rings (SSSR count). The van der Waals surface area contributed by atoms with Crippen LogP contribution in [0.3, 0.4) is 0 Å². The summed E-state index contributed by atoms with van der Waals surface area (Å²) in [5, 5.41) is 0. The lowest BCUT2D eigenvalue weighted by Crippen LogP contribution is -2.49. The summed E-state index contributed by atoms with van der Waals surface area (Å²) in [6.07, 6.45) is 1.67. The number of aryl methyl sites for hydroxylation is 1. The van der Waals surface area contributed by atoms with Crippen LogP contribution in [0.15, 0.2) is 47.5 Å². The average molecular weight is 445 g/mol. The minimum absolute atomic E-state index is 0.125. The summed E-state index contributed by atoms with van der Waals surface area (Å²) >= 11 is 0. The first-order chi connectivity index (χ1) is 14.8. The zero-order valence-corrected chi connectivity index (χ0v) is 17.9. The molecule has 0 spiro atoms. The normalized spacial score (nSPS) is 15.3. The highest BCUT2D eigenvalue weighted by Gasteiger charge is 2.32. The topological polar surface area (TPSA) is 79.3 Å². The molecule has 0 N–H and O–H groups in total. The van der Waals surface area contributed by atoms with Gasteiger partial charge >= 0.3 is 0 Å². The van der Waals surface area contributed by atoms with Crippen molar-refractivity contribution in [3.05, 3.63) is 65.5 Å². The molecule has 1 aromatic carbocycles. The summed E-state index contributed by atoms with van der Waals surface area (Å²) in [5.74, 6) is -0.559. The van der Waals surface area contributed by atoms with Crippen molar-refractivity contribution in [1.29, 1.82) is 0 Å². The van der Waals surface area contributed by atoms with E-state index in [1.165, 1.54) is 4.31 Å². The van der Waals surface area contributed by atoms with Crippen LogP contribution < -0.4 is 4.90 Å². The second kappa shape index (κ2) is 8.27. The molecule has 162 valence electrons. The average Bonchev–Trinajstić information content (AvgIpc) is 2.78. The van der Waals surface area contributed by atoms with E-state index >= 15 is 0 Å². The van der Waals surface area contributed by atoms with Crippen LogP contribution >= 0.6 is 0 Å². The van der Waals surface area contributed by atoms with Gasteiger partial charge in [0.15, 0.2) is 5.82 Å². The van der Waals surface area contributed by atoms with Crippen LogP contribution in [0.4, 0.5) is 14.6 Å². The van der Waals surface area contributed by atoms with Crippen LogP contribution in [0.1, 0.15) is 11.3 Å². The Balaban J connectivity index is 1.58. The second-order valence-electron chi connectivity index (χ2n) is 7.26. The van der Waals surface area contributed by atoms with Gasteiger partial charge in [-0.25, -0.2) is 27.2 Å².